The molecule has 0 spiro atoms. The van der Waals surface area contributed by atoms with E-state index >= 15 is 0 Å². The van der Waals surface area contributed by atoms with Gasteiger partial charge in [0.1, 0.15) is 5.82 Å². The molecule has 1 N–H and O–H groups in total. The Kier molecular flexibility index (Phi) is 5.54. The van der Waals surface area contributed by atoms with Crippen LogP contribution in [-0.4, -0.2) is 25.1 Å². The molecule has 0 saturated carbocycles. The fraction of sp³-hybridized carbons (Fsp3) is 0.120. The van der Waals surface area contributed by atoms with E-state index in [1.165, 1.54) is 12.1 Å². The highest BCUT2D eigenvalue weighted by atomic mass is 19.1. The van der Waals surface area contributed by atoms with Crippen molar-refractivity contribution in [2.75, 3.05) is 19.5 Å². The van der Waals surface area contributed by atoms with Crippen molar-refractivity contribution in [3.8, 4) is 22.8 Å². The molecule has 0 unspecified atom stereocenters. The number of amides is 1. The topological polar surface area (TPSA) is 60.5 Å². The number of aryl methyl sites for hydroxylation is 1. The molecule has 1 heterocycles. The molecule has 0 aliphatic carbocycles. The van der Waals surface area contributed by atoms with Crippen molar-refractivity contribution in [1.29, 1.82) is 0 Å². The summed E-state index contributed by atoms with van der Waals surface area (Å²) < 4.78 is 24.0. The van der Waals surface area contributed by atoms with Crippen molar-refractivity contribution in [2.24, 2.45) is 0 Å². The monoisotopic (exact) mass is 416 g/mol. The molecule has 0 aliphatic rings. The Labute approximate surface area is 179 Å². The number of pyridine rings is 1. The zero-order valence-electron chi connectivity index (χ0n) is 17.4. The zero-order valence-corrected chi connectivity index (χ0v) is 17.4. The molecule has 5 nitrogen and oxygen atoms in total. The third-order valence-corrected chi connectivity index (χ3v) is 5.08. The van der Waals surface area contributed by atoms with Crippen LogP contribution in [0, 0.1) is 12.7 Å². The summed E-state index contributed by atoms with van der Waals surface area (Å²) in [7, 11) is 3.11. The van der Waals surface area contributed by atoms with Gasteiger partial charge in [-0.3, -0.25) is 4.79 Å². The van der Waals surface area contributed by atoms with Crippen LogP contribution >= 0.6 is 0 Å². The number of halogens is 1. The lowest BCUT2D eigenvalue weighted by atomic mass is 10.0. The summed E-state index contributed by atoms with van der Waals surface area (Å²) in [5.74, 6) is 0.504. The zero-order chi connectivity index (χ0) is 22.0. The summed E-state index contributed by atoms with van der Waals surface area (Å²) in [5, 5.41) is 3.70. The van der Waals surface area contributed by atoms with E-state index in [-0.39, 0.29) is 11.7 Å². The number of anilines is 1. The van der Waals surface area contributed by atoms with Gasteiger partial charge in [0.05, 0.1) is 31.0 Å². The first-order valence-electron chi connectivity index (χ1n) is 9.70. The normalized spacial score (nSPS) is 10.7. The SMILES string of the molecule is COc1cc(C)c(NC(=O)c2cc(-c3ccc(F)cc3)nc3ccccc23)cc1OC. The largest absolute Gasteiger partial charge is 0.493 e. The van der Waals surface area contributed by atoms with Gasteiger partial charge in [-0.1, -0.05) is 18.2 Å². The van der Waals surface area contributed by atoms with Crippen LogP contribution in [0.5, 0.6) is 11.5 Å². The van der Waals surface area contributed by atoms with E-state index in [2.05, 4.69) is 10.3 Å². The molecular weight excluding hydrogens is 395 g/mol. The third-order valence-electron chi connectivity index (χ3n) is 5.08. The quantitative estimate of drug-likeness (QED) is 0.459. The van der Waals surface area contributed by atoms with Crippen LogP contribution in [0.2, 0.25) is 0 Å². The minimum Gasteiger partial charge on any atom is -0.493 e. The van der Waals surface area contributed by atoms with Gasteiger partial charge in [-0.05, 0) is 55.0 Å². The number of carbonyl (C=O) groups is 1. The number of hydrogen-bond acceptors (Lipinski definition) is 4. The van der Waals surface area contributed by atoms with Gasteiger partial charge >= 0.3 is 0 Å². The molecule has 0 bridgehead atoms. The predicted octanol–water partition coefficient (Wildman–Crippen LogP) is 5.62. The molecule has 0 saturated heterocycles. The molecule has 4 rings (SSSR count). The number of carbonyl (C=O) groups excluding carboxylic acids is 1. The maximum absolute atomic E-state index is 13.4. The summed E-state index contributed by atoms with van der Waals surface area (Å²) in [6.07, 6.45) is 0. The van der Waals surface area contributed by atoms with Gasteiger partial charge < -0.3 is 14.8 Å². The number of para-hydroxylation sites is 1. The lowest BCUT2D eigenvalue weighted by Gasteiger charge is -2.15. The van der Waals surface area contributed by atoms with Crippen LogP contribution in [0.15, 0.2) is 66.7 Å². The van der Waals surface area contributed by atoms with Crippen molar-refractivity contribution in [3.05, 3.63) is 83.7 Å². The molecule has 4 aromatic rings. The van der Waals surface area contributed by atoms with Crippen LogP contribution < -0.4 is 14.8 Å². The van der Waals surface area contributed by atoms with Gasteiger partial charge in [-0.2, -0.15) is 0 Å². The van der Waals surface area contributed by atoms with Crippen LogP contribution in [0.4, 0.5) is 10.1 Å². The first-order chi connectivity index (χ1) is 15.0. The van der Waals surface area contributed by atoms with E-state index in [0.29, 0.717) is 34.0 Å². The highest BCUT2D eigenvalue weighted by Crippen LogP contribution is 2.33. The van der Waals surface area contributed by atoms with Crippen LogP contribution in [-0.2, 0) is 0 Å². The molecule has 0 aliphatic heterocycles. The summed E-state index contributed by atoms with van der Waals surface area (Å²) in [6, 6.07) is 18.7. The molecule has 1 amide bonds. The van der Waals surface area contributed by atoms with Gasteiger partial charge in [0.2, 0.25) is 0 Å². The highest BCUT2D eigenvalue weighted by Gasteiger charge is 2.16. The molecule has 156 valence electrons. The molecule has 1 aromatic heterocycles. The van der Waals surface area contributed by atoms with E-state index in [0.717, 1.165) is 16.5 Å². The summed E-state index contributed by atoms with van der Waals surface area (Å²) in [5.41, 5.74) is 3.92. The van der Waals surface area contributed by atoms with E-state index in [4.69, 9.17) is 9.47 Å². The second kappa shape index (κ2) is 8.44. The van der Waals surface area contributed by atoms with Crippen molar-refractivity contribution in [2.45, 2.75) is 6.92 Å². The third kappa shape index (κ3) is 4.05. The van der Waals surface area contributed by atoms with Gasteiger partial charge in [-0.15, -0.1) is 0 Å². The Morgan fingerprint density at radius 1 is 0.935 bits per heavy atom. The number of nitrogens with one attached hydrogen (secondary N) is 1. The van der Waals surface area contributed by atoms with Gasteiger partial charge in [0.25, 0.3) is 5.91 Å². The summed E-state index contributed by atoms with van der Waals surface area (Å²) in [6.45, 7) is 1.88. The van der Waals surface area contributed by atoms with Crippen LogP contribution in [0.3, 0.4) is 0 Å². The Morgan fingerprint density at radius 3 is 2.32 bits per heavy atom. The second-order valence-electron chi connectivity index (χ2n) is 7.06. The maximum Gasteiger partial charge on any atom is 0.256 e. The number of rotatable bonds is 5. The molecule has 6 heteroatoms. The van der Waals surface area contributed by atoms with Crippen molar-refractivity contribution >= 4 is 22.5 Å². The van der Waals surface area contributed by atoms with E-state index in [1.807, 2.05) is 37.3 Å². The van der Waals surface area contributed by atoms with E-state index < -0.39 is 0 Å². The van der Waals surface area contributed by atoms with Crippen LogP contribution in [0.1, 0.15) is 15.9 Å². The number of aromatic nitrogens is 1. The number of benzene rings is 3. The Morgan fingerprint density at radius 2 is 1.61 bits per heavy atom. The van der Waals surface area contributed by atoms with Gasteiger partial charge in [0, 0.05) is 22.7 Å². The first-order valence-corrected chi connectivity index (χ1v) is 9.70. The van der Waals surface area contributed by atoms with Crippen LogP contribution in [0.25, 0.3) is 22.2 Å². The molecule has 3 aromatic carbocycles. The van der Waals surface area contributed by atoms with Crippen molar-refractivity contribution < 1.29 is 18.7 Å². The molecule has 31 heavy (non-hydrogen) atoms. The standard InChI is InChI=1S/C25H21FN2O3/c1-15-12-23(30-2)24(31-3)14-21(15)28-25(29)19-13-22(16-8-10-17(26)11-9-16)27-20-7-5-4-6-18(19)20/h4-14H,1-3H3,(H,28,29). The van der Waals surface area contributed by atoms with Crippen molar-refractivity contribution in [3.63, 3.8) is 0 Å². The minimum atomic E-state index is -0.327. The second-order valence-corrected chi connectivity index (χ2v) is 7.06. The number of nitrogens with zero attached hydrogens (tertiary/aromatic N) is 1. The van der Waals surface area contributed by atoms with E-state index in [9.17, 15) is 9.18 Å². The molecular formula is C25H21FN2O3. The average molecular weight is 416 g/mol. The predicted molar refractivity (Wildman–Crippen MR) is 119 cm³/mol. The number of methoxy groups -OCH3 is 2. The first kappa shape index (κ1) is 20.3. The fourth-order valence-corrected chi connectivity index (χ4v) is 3.44. The minimum absolute atomic E-state index is 0.280. The number of fused-ring (bicyclic) bond motifs is 1. The summed E-state index contributed by atoms with van der Waals surface area (Å²) in [4.78, 5) is 18.0. The molecule has 0 atom stereocenters. The maximum atomic E-state index is 13.4. The molecule has 0 radical (unpaired) electrons. The Bertz CT molecular complexity index is 1270. The summed E-state index contributed by atoms with van der Waals surface area (Å²) >= 11 is 0. The smallest absolute Gasteiger partial charge is 0.256 e. The Hall–Kier alpha value is -3.93. The fourth-order valence-electron chi connectivity index (χ4n) is 3.44. The van der Waals surface area contributed by atoms with E-state index in [1.54, 1.807) is 38.5 Å². The lowest BCUT2D eigenvalue weighted by molar-refractivity contribution is 0.102. The Balaban J connectivity index is 1.78. The van der Waals surface area contributed by atoms with Gasteiger partial charge in [0.15, 0.2) is 11.5 Å². The molecule has 0 fully saturated rings. The number of ether oxygens (including phenoxy) is 2. The van der Waals surface area contributed by atoms with Crippen molar-refractivity contribution in [1.82, 2.24) is 4.98 Å². The lowest BCUT2D eigenvalue weighted by Crippen LogP contribution is -2.14. The average Bonchev–Trinajstić information content (AvgIpc) is 2.79. The highest BCUT2D eigenvalue weighted by molar-refractivity contribution is 6.13. The van der Waals surface area contributed by atoms with Gasteiger partial charge in [-0.25, -0.2) is 9.37 Å². The number of hydrogen-bond donors (Lipinski definition) is 1.